The van der Waals surface area contributed by atoms with Gasteiger partial charge < -0.3 is 10.1 Å². The van der Waals surface area contributed by atoms with Crippen LogP contribution in [-0.2, 0) is 17.6 Å². The lowest BCUT2D eigenvalue weighted by Gasteiger charge is -2.27. The molecule has 0 fully saturated rings. The van der Waals surface area contributed by atoms with E-state index in [1.807, 2.05) is 26.8 Å². The molecule has 0 radical (unpaired) electrons. The second-order valence-corrected chi connectivity index (χ2v) is 7.92. The molecular weight excluding hydrogens is 345 g/mol. The Hall–Kier alpha value is -2.69. The Balaban J connectivity index is 1.77. The van der Waals surface area contributed by atoms with Gasteiger partial charge in [0.05, 0.1) is 5.56 Å². The van der Waals surface area contributed by atoms with E-state index in [4.69, 9.17) is 4.74 Å². The van der Waals surface area contributed by atoms with Gasteiger partial charge in [-0.05, 0) is 74.4 Å². The van der Waals surface area contributed by atoms with Gasteiger partial charge in [-0.2, -0.15) is 0 Å². The van der Waals surface area contributed by atoms with Gasteiger partial charge in [0.1, 0.15) is 11.4 Å². The maximum atomic E-state index is 13.6. The molecular formula is C22H24FNO3. The van der Waals surface area contributed by atoms with Crippen LogP contribution in [0.4, 0.5) is 9.18 Å². The maximum absolute atomic E-state index is 13.6. The number of benzene rings is 2. The zero-order chi connectivity index (χ0) is 19.6. The summed E-state index contributed by atoms with van der Waals surface area (Å²) >= 11 is 0. The van der Waals surface area contributed by atoms with Gasteiger partial charge in [-0.25, -0.2) is 9.18 Å². The number of amides is 1. The smallest absolute Gasteiger partial charge is 0.407 e. The van der Waals surface area contributed by atoms with Crippen molar-refractivity contribution in [3.05, 3.63) is 58.9 Å². The summed E-state index contributed by atoms with van der Waals surface area (Å²) in [6.07, 6.45) is 2.57. The summed E-state index contributed by atoms with van der Waals surface area (Å²) in [4.78, 5) is 23.0. The number of ether oxygens (including phenoxy) is 1. The molecule has 4 nitrogen and oxygen atoms in total. The first-order valence-electron chi connectivity index (χ1n) is 9.11. The van der Waals surface area contributed by atoms with Gasteiger partial charge in [-0.1, -0.05) is 24.3 Å². The Labute approximate surface area is 158 Å². The molecule has 0 saturated carbocycles. The summed E-state index contributed by atoms with van der Waals surface area (Å²) in [7, 11) is 0. The minimum atomic E-state index is -0.525. The molecule has 0 bridgehead atoms. The van der Waals surface area contributed by atoms with Crippen LogP contribution in [0.25, 0.3) is 11.1 Å². The van der Waals surface area contributed by atoms with Gasteiger partial charge in [-0.15, -0.1) is 0 Å². The van der Waals surface area contributed by atoms with E-state index in [9.17, 15) is 14.0 Å². The standard InChI is InChI=1S/C22H24FNO3/c1-22(2,3)27-21(26)24-19-8-6-14-4-5-15(10-17(14)12-19)16-7-9-20(23)18(11-16)13-25/h4-5,7,9-11,13,19H,6,8,12H2,1-3H3,(H,24,26)/t19-/m0/s1. The van der Waals surface area contributed by atoms with Crippen molar-refractivity contribution in [3.63, 3.8) is 0 Å². The Morgan fingerprint density at radius 2 is 1.85 bits per heavy atom. The highest BCUT2D eigenvalue weighted by molar-refractivity contribution is 5.79. The molecule has 0 heterocycles. The molecule has 5 heteroatoms. The molecule has 1 amide bonds. The third-order valence-corrected chi connectivity index (χ3v) is 4.61. The lowest BCUT2D eigenvalue weighted by molar-refractivity contribution is 0.0500. The monoisotopic (exact) mass is 369 g/mol. The second-order valence-electron chi connectivity index (χ2n) is 7.92. The lowest BCUT2D eigenvalue weighted by Crippen LogP contribution is -2.41. The number of aldehydes is 1. The SMILES string of the molecule is CC(C)(C)OC(=O)N[C@H]1CCc2ccc(-c3ccc(F)c(C=O)c3)cc2C1. The van der Waals surface area contributed by atoms with Gasteiger partial charge in [0.15, 0.2) is 6.29 Å². The molecule has 1 aliphatic rings. The molecule has 0 aromatic heterocycles. The van der Waals surface area contributed by atoms with Crippen molar-refractivity contribution in [1.29, 1.82) is 0 Å². The van der Waals surface area contributed by atoms with Gasteiger partial charge in [0.2, 0.25) is 0 Å². The molecule has 0 saturated heterocycles. The van der Waals surface area contributed by atoms with Crippen LogP contribution in [0, 0.1) is 5.82 Å². The fourth-order valence-electron chi connectivity index (χ4n) is 3.35. The van der Waals surface area contributed by atoms with Crippen molar-refractivity contribution in [3.8, 4) is 11.1 Å². The summed E-state index contributed by atoms with van der Waals surface area (Å²) in [5.41, 5.74) is 3.64. The van der Waals surface area contributed by atoms with Crippen LogP contribution < -0.4 is 5.32 Å². The van der Waals surface area contributed by atoms with E-state index in [1.54, 1.807) is 12.1 Å². The zero-order valence-corrected chi connectivity index (χ0v) is 15.8. The molecule has 2 aromatic carbocycles. The summed E-state index contributed by atoms with van der Waals surface area (Å²) in [6, 6.07) is 10.7. The van der Waals surface area contributed by atoms with Gasteiger partial charge in [-0.3, -0.25) is 4.79 Å². The molecule has 142 valence electrons. The Kier molecular flexibility index (Phi) is 5.31. The molecule has 2 aromatic rings. The first-order chi connectivity index (χ1) is 12.7. The van der Waals surface area contributed by atoms with E-state index in [1.165, 1.54) is 11.6 Å². The Morgan fingerprint density at radius 1 is 1.15 bits per heavy atom. The number of halogens is 1. The Morgan fingerprint density at radius 3 is 2.56 bits per heavy atom. The predicted octanol–water partition coefficient (Wildman–Crippen LogP) is 4.69. The first kappa shape index (κ1) is 19.1. The van der Waals surface area contributed by atoms with Gasteiger partial charge in [0.25, 0.3) is 0 Å². The number of hydrogen-bond donors (Lipinski definition) is 1. The van der Waals surface area contributed by atoms with E-state index in [-0.39, 0.29) is 11.6 Å². The van der Waals surface area contributed by atoms with Crippen LogP contribution >= 0.6 is 0 Å². The summed E-state index contributed by atoms with van der Waals surface area (Å²) < 4.78 is 18.9. The number of alkyl carbamates (subject to hydrolysis) is 1. The fraction of sp³-hybridized carbons (Fsp3) is 0.364. The summed E-state index contributed by atoms with van der Waals surface area (Å²) in [5, 5.41) is 2.94. The van der Waals surface area contributed by atoms with Crippen molar-refractivity contribution in [2.75, 3.05) is 0 Å². The molecule has 0 unspecified atom stereocenters. The third kappa shape index (κ3) is 4.73. The minimum Gasteiger partial charge on any atom is -0.444 e. The highest BCUT2D eigenvalue weighted by atomic mass is 19.1. The first-order valence-corrected chi connectivity index (χ1v) is 9.11. The van der Waals surface area contributed by atoms with Crippen molar-refractivity contribution in [2.24, 2.45) is 0 Å². The van der Waals surface area contributed by atoms with Crippen LogP contribution in [0.15, 0.2) is 36.4 Å². The average Bonchev–Trinajstić information content (AvgIpc) is 2.60. The average molecular weight is 369 g/mol. The summed E-state index contributed by atoms with van der Waals surface area (Å²) in [5.74, 6) is -0.520. The highest BCUT2D eigenvalue weighted by Crippen LogP contribution is 2.28. The molecule has 1 atom stereocenters. The van der Waals surface area contributed by atoms with Crippen LogP contribution in [0.3, 0.4) is 0 Å². The number of rotatable bonds is 3. The maximum Gasteiger partial charge on any atom is 0.407 e. The molecule has 3 rings (SSSR count). The van der Waals surface area contributed by atoms with Gasteiger partial charge >= 0.3 is 6.09 Å². The normalized spacial score (nSPS) is 16.4. The third-order valence-electron chi connectivity index (χ3n) is 4.61. The fourth-order valence-corrected chi connectivity index (χ4v) is 3.35. The van der Waals surface area contributed by atoms with E-state index in [2.05, 4.69) is 17.4 Å². The van der Waals surface area contributed by atoms with E-state index in [0.717, 1.165) is 29.5 Å². The van der Waals surface area contributed by atoms with Gasteiger partial charge in [0, 0.05) is 6.04 Å². The molecule has 0 aliphatic heterocycles. The Bertz CT molecular complexity index is 870. The van der Waals surface area contributed by atoms with E-state index >= 15 is 0 Å². The van der Waals surface area contributed by atoms with Crippen LogP contribution in [0.1, 0.15) is 48.7 Å². The number of carbonyl (C=O) groups is 2. The number of carbonyl (C=O) groups excluding carboxylic acids is 2. The summed E-state index contributed by atoms with van der Waals surface area (Å²) in [6.45, 7) is 5.52. The highest BCUT2D eigenvalue weighted by Gasteiger charge is 2.23. The van der Waals surface area contributed by atoms with Crippen LogP contribution in [0.2, 0.25) is 0 Å². The number of nitrogens with one attached hydrogen (secondary N) is 1. The molecule has 27 heavy (non-hydrogen) atoms. The number of aryl methyl sites for hydroxylation is 1. The molecule has 1 aliphatic carbocycles. The largest absolute Gasteiger partial charge is 0.444 e. The van der Waals surface area contributed by atoms with Crippen molar-refractivity contribution >= 4 is 12.4 Å². The number of fused-ring (bicyclic) bond motifs is 1. The quantitative estimate of drug-likeness (QED) is 0.799. The second kappa shape index (κ2) is 7.51. The zero-order valence-electron chi connectivity index (χ0n) is 15.8. The van der Waals surface area contributed by atoms with Crippen molar-refractivity contribution in [1.82, 2.24) is 5.32 Å². The topological polar surface area (TPSA) is 55.4 Å². The molecule has 1 N–H and O–H groups in total. The van der Waals surface area contributed by atoms with Crippen molar-refractivity contribution in [2.45, 2.75) is 51.7 Å². The van der Waals surface area contributed by atoms with Crippen LogP contribution in [0.5, 0.6) is 0 Å². The van der Waals surface area contributed by atoms with Crippen LogP contribution in [-0.4, -0.2) is 24.0 Å². The lowest BCUT2D eigenvalue weighted by atomic mass is 9.86. The van der Waals surface area contributed by atoms with E-state index < -0.39 is 17.5 Å². The molecule has 0 spiro atoms. The minimum absolute atomic E-state index is 0.0151. The predicted molar refractivity (Wildman–Crippen MR) is 102 cm³/mol. The van der Waals surface area contributed by atoms with E-state index in [0.29, 0.717) is 12.7 Å². The number of hydrogen-bond acceptors (Lipinski definition) is 3. The van der Waals surface area contributed by atoms with Crippen molar-refractivity contribution < 1.29 is 18.7 Å².